The molecule has 30 heavy (non-hydrogen) atoms. The third-order valence-corrected chi connectivity index (χ3v) is 6.16. The molecule has 0 aliphatic rings. The summed E-state index contributed by atoms with van der Waals surface area (Å²) in [7, 11) is 1.64. The van der Waals surface area contributed by atoms with Crippen molar-refractivity contribution in [2.24, 2.45) is 0 Å². The van der Waals surface area contributed by atoms with Crippen molar-refractivity contribution in [2.45, 2.75) is 6.42 Å². The molecular formula is C23H20ClN3O2S. The van der Waals surface area contributed by atoms with Crippen LogP contribution in [0, 0.1) is 0 Å². The Hall–Kier alpha value is -3.09. The number of fused-ring (bicyclic) bond motifs is 1. The van der Waals surface area contributed by atoms with E-state index in [1.54, 1.807) is 7.11 Å². The van der Waals surface area contributed by atoms with Crippen molar-refractivity contribution in [1.29, 1.82) is 0 Å². The minimum absolute atomic E-state index is 0.183. The lowest BCUT2D eigenvalue weighted by molar-refractivity contribution is 0.0959. The molecule has 0 atom stereocenters. The van der Waals surface area contributed by atoms with E-state index in [-0.39, 0.29) is 5.91 Å². The Labute approximate surface area is 183 Å². The molecular weight excluding hydrogens is 418 g/mol. The van der Waals surface area contributed by atoms with Crippen molar-refractivity contribution in [3.63, 3.8) is 0 Å². The van der Waals surface area contributed by atoms with Gasteiger partial charge in [0.25, 0.3) is 5.91 Å². The summed E-state index contributed by atoms with van der Waals surface area (Å²) in [4.78, 5) is 18.6. The number of hydrogen-bond donors (Lipinski definition) is 2. The molecule has 0 radical (unpaired) electrons. The zero-order chi connectivity index (χ0) is 21.1. The van der Waals surface area contributed by atoms with E-state index in [2.05, 4.69) is 10.3 Å². The van der Waals surface area contributed by atoms with Gasteiger partial charge in [-0.25, -0.2) is 4.98 Å². The molecule has 0 saturated heterocycles. The minimum Gasteiger partial charge on any atom is -0.497 e. The maximum Gasteiger partial charge on any atom is 0.263 e. The summed E-state index contributed by atoms with van der Waals surface area (Å²) in [5.74, 6) is 0.628. The molecule has 7 heteroatoms. The first-order valence-electron chi connectivity index (χ1n) is 9.41. The van der Waals surface area contributed by atoms with Crippen molar-refractivity contribution in [3.05, 3.63) is 76.1 Å². The highest BCUT2D eigenvalue weighted by Gasteiger charge is 2.17. The van der Waals surface area contributed by atoms with Crippen LogP contribution in [-0.2, 0) is 6.42 Å². The van der Waals surface area contributed by atoms with Crippen LogP contribution in [0.4, 0.5) is 5.69 Å². The first-order valence-corrected chi connectivity index (χ1v) is 10.6. The van der Waals surface area contributed by atoms with Gasteiger partial charge in [0.05, 0.1) is 18.5 Å². The first-order chi connectivity index (χ1) is 14.5. The predicted octanol–water partition coefficient (Wildman–Crippen LogP) is 5.18. The molecule has 4 aromatic rings. The van der Waals surface area contributed by atoms with Crippen LogP contribution >= 0.6 is 22.9 Å². The molecule has 152 valence electrons. The second kappa shape index (κ2) is 8.73. The van der Waals surface area contributed by atoms with Crippen LogP contribution in [0.25, 0.3) is 21.5 Å². The number of ether oxygens (including phenoxy) is 1. The zero-order valence-electron chi connectivity index (χ0n) is 16.3. The molecule has 2 aromatic carbocycles. The van der Waals surface area contributed by atoms with E-state index in [1.807, 2.05) is 60.7 Å². The van der Waals surface area contributed by atoms with E-state index < -0.39 is 0 Å². The molecule has 0 spiro atoms. The molecule has 0 fully saturated rings. The smallest absolute Gasteiger partial charge is 0.263 e. The van der Waals surface area contributed by atoms with Crippen LogP contribution < -0.4 is 15.8 Å². The van der Waals surface area contributed by atoms with Crippen molar-refractivity contribution in [3.8, 4) is 17.0 Å². The fraction of sp³-hybridized carbons (Fsp3) is 0.130. The quantitative estimate of drug-likeness (QED) is 0.435. The molecule has 0 aliphatic carbocycles. The van der Waals surface area contributed by atoms with Gasteiger partial charge in [-0.1, -0.05) is 35.9 Å². The van der Waals surface area contributed by atoms with E-state index >= 15 is 0 Å². The molecule has 0 bridgehead atoms. The van der Waals surface area contributed by atoms with Gasteiger partial charge in [-0.3, -0.25) is 4.79 Å². The topological polar surface area (TPSA) is 77.2 Å². The number of nitrogens with one attached hydrogen (secondary N) is 1. The van der Waals surface area contributed by atoms with Gasteiger partial charge < -0.3 is 15.8 Å². The normalized spacial score (nSPS) is 10.9. The predicted molar refractivity (Wildman–Crippen MR) is 124 cm³/mol. The van der Waals surface area contributed by atoms with E-state index in [1.165, 1.54) is 11.3 Å². The SMILES string of the molecule is COc1ccc(CCNC(=O)c2sc3nc(-c4ccc(Cl)cc4)ccc3c2N)cc1. The number of aromatic nitrogens is 1. The lowest BCUT2D eigenvalue weighted by atomic mass is 10.1. The van der Waals surface area contributed by atoms with Crippen LogP contribution in [0.3, 0.4) is 0 Å². The molecule has 4 rings (SSSR count). The number of halogens is 1. The van der Waals surface area contributed by atoms with Gasteiger partial charge >= 0.3 is 0 Å². The molecule has 2 aromatic heterocycles. The number of nitrogens with two attached hydrogens (primary N) is 1. The second-order valence-corrected chi connectivity index (χ2v) is 8.19. The summed E-state index contributed by atoms with van der Waals surface area (Å²) in [6.45, 7) is 0.516. The summed E-state index contributed by atoms with van der Waals surface area (Å²) in [5.41, 5.74) is 9.60. The standard InChI is InChI=1S/C23H20ClN3O2S/c1-29-17-8-2-14(3-9-17)12-13-26-22(28)21-20(25)18-10-11-19(27-23(18)30-21)15-4-6-16(24)7-5-15/h2-11H,12-13,25H2,1H3,(H,26,28). The molecule has 5 nitrogen and oxygen atoms in total. The van der Waals surface area contributed by atoms with Gasteiger partial charge in [-0.15, -0.1) is 11.3 Å². The van der Waals surface area contributed by atoms with Crippen LogP contribution in [-0.4, -0.2) is 24.5 Å². The number of thiophene rings is 1. The number of amides is 1. The van der Waals surface area contributed by atoms with Crippen LogP contribution in [0.1, 0.15) is 15.2 Å². The first kappa shape index (κ1) is 20.2. The number of methoxy groups -OCH3 is 1. The van der Waals surface area contributed by atoms with E-state index in [0.717, 1.165) is 39.2 Å². The number of hydrogen-bond acceptors (Lipinski definition) is 5. The summed E-state index contributed by atoms with van der Waals surface area (Å²) >= 11 is 7.27. The number of carbonyl (C=O) groups is 1. The Morgan fingerprint density at radius 1 is 1.10 bits per heavy atom. The highest BCUT2D eigenvalue weighted by atomic mass is 35.5. The average molecular weight is 438 g/mol. The number of nitrogens with zero attached hydrogens (tertiary/aromatic N) is 1. The van der Waals surface area contributed by atoms with E-state index in [4.69, 9.17) is 22.1 Å². The fourth-order valence-corrected chi connectivity index (χ4v) is 4.28. The number of anilines is 1. The van der Waals surface area contributed by atoms with Gasteiger partial charge in [0, 0.05) is 22.5 Å². The van der Waals surface area contributed by atoms with Gasteiger partial charge in [0.2, 0.25) is 0 Å². The van der Waals surface area contributed by atoms with Crippen molar-refractivity contribution in [2.75, 3.05) is 19.4 Å². The highest BCUT2D eigenvalue weighted by molar-refractivity contribution is 7.21. The van der Waals surface area contributed by atoms with Crippen LogP contribution in [0.2, 0.25) is 5.02 Å². The third kappa shape index (κ3) is 4.25. The second-order valence-electron chi connectivity index (χ2n) is 6.75. The Bertz CT molecular complexity index is 1190. The van der Waals surface area contributed by atoms with Crippen molar-refractivity contribution in [1.82, 2.24) is 10.3 Å². The molecule has 0 aliphatic heterocycles. The van der Waals surface area contributed by atoms with E-state index in [0.29, 0.717) is 22.1 Å². The number of benzene rings is 2. The Kier molecular flexibility index (Phi) is 5.88. The molecule has 3 N–H and O–H groups in total. The fourth-order valence-electron chi connectivity index (χ4n) is 3.14. The summed E-state index contributed by atoms with van der Waals surface area (Å²) in [6, 6.07) is 19.1. The largest absolute Gasteiger partial charge is 0.497 e. The summed E-state index contributed by atoms with van der Waals surface area (Å²) in [6.07, 6.45) is 0.722. The van der Waals surface area contributed by atoms with Crippen molar-refractivity contribution < 1.29 is 9.53 Å². The van der Waals surface area contributed by atoms with E-state index in [9.17, 15) is 4.79 Å². The Morgan fingerprint density at radius 3 is 2.53 bits per heavy atom. The number of nitrogen functional groups attached to an aromatic ring is 1. The summed E-state index contributed by atoms with van der Waals surface area (Å²) in [5, 5.41) is 4.41. The molecule has 0 unspecified atom stereocenters. The monoisotopic (exact) mass is 437 g/mol. The minimum atomic E-state index is -0.183. The maximum absolute atomic E-state index is 12.7. The number of carbonyl (C=O) groups excluding carboxylic acids is 1. The van der Waals surface area contributed by atoms with Gasteiger partial charge in [-0.2, -0.15) is 0 Å². The zero-order valence-corrected chi connectivity index (χ0v) is 17.9. The Balaban J connectivity index is 1.48. The Morgan fingerprint density at radius 2 is 1.83 bits per heavy atom. The third-order valence-electron chi connectivity index (χ3n) is 4.80. The van der Waals surface area contributed by atoms with Crippen LogP contribution in [0.15, 0.2) is 60.7 Å². The average Bonchev–Trinajstić information content (AvgIpc) is 3.10. The number of rotatable bonds is 6. The maximum atomic E-state index is 12.7. The van der Waals surface area contributed by atoms with Gasteiger partial charge in [0.15, 0.2) is 0 Å². The van der Waals surface area contributed by atoms with Gasteiger partial charge in [-0.05, 0) is 48.4 Å². The summed E-state index contributed by atoms with van der Waals surface area (Å²) < 4.78 is 5.16. The number of pyridine rings is 1. The highest BCUT2D eigenvalue weighted by Crippen LogP contribution is 2.34. The van der Waals surface area contributed by atoms with Crippen LogP contribution in [0.5, 0.6) is 5.75 Å². The molecule has 0 saturated carbocycles. The lowest BCUT2D eigenvalue weighted by Crippen LogP contribution is -2.25. The molecule has 2 heterocycles. The lowest BCUT2D eigenvalue weighted by Gasteiger charge is -2.06. The van der Waals surface area contributed by atoms with Gasteiger partial charge in [0.1, 0.15) is 15.5 Å². The van der Waals surface area contributed by atoms with Crippen molar-refractivity contribution >= 4 is 44.7 Å². The molecule has 1 amide bonds.